The molecule has 162 valence electrons. The van der Waals surface area contributed by atoms with E-state index in [0.29, 0.717) is 49.5 Å². The summed E-state index contributed by atoms with van der Waals surface area (Å²) in [4.78, 5) is 31.9. The van der Waals surface area contributed by atoms with Crippen LogP contribution in [0.15, 0.2) is 40.5 Å². The highest BCUT2D eigenvalue weighted by Crippen LogP contribution is 2.34. The third-order valence-electron chi connectivity index (χ3n) is 5.53. The number of aliphatic hydroxyl groups excluding tert-OH is 1. The fourth-order valence-corrected chi connectivity index (χ4v) is 3.97. The van der Waals surface area contributed by atoms with Gasteiger partial charge in [0.05, 0.1) is 25.0 Å². The van der Waals surface area contributed by atoms with Gasteiger partial charge in [-0.3, -0.25) is 14.5 Å². The van der Waals surface area contributed by atoms with E-state index in [1.54, 1.807) is 26.0 Å². The Morgan fingerprint density at radius 2 is 2.00 bits per heavy atom. The number of carbonyl (C=O) groups excluding carboxylic acids is 2. The van der Waals surface area contributed by atoms with Crippen LogP contribution in [0.1, 0.15) is 45.6 Å². The van der Waals surface area contributed by atoms with Crippen molar-refractivity contribution < 1.29 is 23.8 Å². The number of ether oxygens (including phenoxy) is 1. The first-order valence-corrected chi connectivity index (χ1v) is 10.5. The van der Waals surface area contributed by atoms with E-state index in [-0.39, 0.29) is 36.0 Å². The minimum Gasteiger partial charge on any atom is -0.481 e. The average Bonchev–Trinajstić information content (AvgIpc) is 2.71. The Kier molecular flexibility index (Phi) is 7.02. The molecule has 2 amide bonds. The largest absolute Gasteiger partial charge is 0.481 e. The van der Waals surface area contributed by atoms with Crippen LogP contribution in [0.2, 0.25) is 0 Å². The van der Waals surface area contributed by atoms with Crippen LogP contribution >= 0.6 is 0 Å². The number of halogens is 1. The summed E-state index contributed by atoms with van der Waals surface area (Å²) in [5.74, 6) is -0.881. The van der Waals surface area contributed by atoms with Gasteiger partial charge < -0.3 is 9.84 Å². The summed E-state index contributed by atoms with van der Waals surface area (Å²) in [6, 6.07) is 6.25. The lowest BCUT2D eigenvalue weighted by molar-refractivity contribution is -0.147. The van der Waals surface area contributed by atoms with E-state index in [0.717, 1.165) is 5.56 Å². The minimum atomic E-state index is -0.810. The number of aliphatic hydroxyl groups is 1. The molecule has 1 N–H and O–H groups in total. The third-order valence-corrected chi connectivity index (χ3v) is 5.53. The number of hydrogen-bond acceptors (Lipinski definition) is 5. The lowest BCUT2D eigenvalue weighted by atomic mass is 9.86. The molecule has 2 heterocycles. The van der Waals surface area contributed by atoms with Gasteiger partial charge in [-0.05, 0) is 57.2 Å². The number of aliphatic imine (C=N–C) groups is 1. The molecule has 0 saturated carbocycles. The van der Waals surface area contributed by atoms with Crippen LogP contribution in [0.3, 0.4) is 0 Å². The second-order valence-corrected chi connectivity index (χ2v) is 8.08. The van der Waals surface area contributed by atoms with Gasteiger partial charge in [0, 0.05) is 17.4 Å². The maximum Gasteiger partial charge on any atom is 0.258 e. The van der Waals surface area contributed by atoms with Crippen LogP contribution in [0.5, 0.6) is 0 Å². The molecule has 2 aliphatic heterocycles. The van der Waals surface area contributed by atoms with Crippen LogP contribution in [0.25, 0.3) is 0 Å². The molecule has 0 spiro atoms. The number of imide groups is 1. The van der Waals surface area contributed by atoms with Crippen molar-refractivity contribution in [2.45, 2.75) is 52.6 Å². The van der Waals surface area contributed by atoms with Gasteiger partial charge in [-0.15, -0.1) is 0 Å². The number of allylic oxidation sites excluding steroid dienone is 1. The highest BCUT2D eigenvalue weighted by molar-refractivity contribution is 6.06. The van der Waals surface area contributed by atoms with Crippen molar-refractivity contribution in [3.8, 4) is 0 Å². The van der Waals surface area contributed by atoms with Crippen molar-refractivity contribution in [2.75, 3.05) is 13.2 Å². The van der Waals surface area contributed by atoms with Gasteiger partial charge in [0.25, 0.3) is 5.91 Å². The predicted molar refractivity (Wildman–Crippen MR) is 111 cm³/mol. The molecule has 3 atom stereocenters. The molecule has 0 radical (unpaired) electrons. The smallest absolute Gasteiger partial charge is 0.258 e. The van der Waals surface area contributed by atoms with E-state index in [9.17, 15) is 19.1 Å². The van der Waals surface area contributed by atoms with Gasteiger partial charge in [0.2, 0.25) is 5.91 Å². The first-order chi connectivity index (χ1) is 14.3. The van der Waals surface area contributed by atoms with Gasteiger partial charge >= 0.3 is 0 Å². The quantitative estimate of drug-likeness (QED) is 0.748. The first kappa shape index (κ1) is 22.2. The summed E-state index contributed by atoms with van der Waals surface area (Å²) < 4.78 is 19.1. The van der Waals surface area contributed by atoms with E-state index < -0.39 is 6.10 Å². The maximum absolute atomic E-state index is 13.3. The van der Waals surface area contributed by atoms with Crippen LogP contribution in [-0.4, -0.2) is 47.0 Å². The maximum atomic E-state index is 13.3. The number of amides is 2. The van der Waals surface area contributed by atoms with Crippen LogP contribution in [-0.2, 0) is 20.7 Å². The Morgan fingerprint density at radius 3 is 2.63 bits per heavy atom. The normalized spacial score (nSPS) is 23.5. The highest BCUT2D eigenvalue weighted by Gasteiger charge is 2.37. The van der Waals surface area contributed by atoms with Crippen LogP contribution in [0.4, 0.5) is 4.39 Å². The second kappa shape index (κ2) is 9.51. The molecular weight excluding hydrogens is 387 g/mol. The van der Waals surface area contributed by atoms with Crippen molar-refractivity contribution in [3.63, 3.8) is 0 Å². The van der Waals surface area contributed by atoms with E-state index in [4.69, 9.17) is 9.73 Å². The molecule has 0 bridgehead atoms. The molecule has 0 aromatic heterocycles. The molecule has 3 unspecified atom stereocenters. The van der Waals surface area contributed by atoms with E-state index in [1.165, 1.54) is 17.0 Å². The fraction of sp³-hybridized carbons (Fsp3) is 0.522. The first-order valence-electron chi connectivity index (χ1n) is 10.5. The van der Waals surface area contributed by atoms with E-state index >= 15 is 0 Å². The predicted octanol–water partition coefficient (Wildman–Crippen LogP) is 3.24. The summed E-state index contributed by atoms with van der Waals surface area (Å²) in [7, 11) is 0. The highest BCUT2D eigenvalue weighted by atomic mass is 19.1. The van der Waals surface area contributed by atoms with Crippen LogP contribution < -0.4 is 0 Å². The van der Waals surface area contributed by atoms with Gasteiger partial charge in [0.15, 0.2) is 5.90 Å². The monoisotopic (exact) mass is 416 g/mol. The second-order valence-electron chi connectivity index (χ2n) is 8.08. The molecule has 0 aliphatic carbocycles. The third kappa shape index (κ3) is 4.95. The van der Waals surface area contributed by atoms with Gasteiger partial charge in [0.1, 0.15) is 5.82 Å². The Bertz CT molecular complexity index is 860. The summed E-state index contributed by atoms with van der Waals surface area (Å²) in [5.41, 5.74) is 2.09. The topological polar surface area (TPSA) is 79.2 Å². The zero-order chi connectivity index (χ0) is 21.8. The summed E-state index contributed by atoms with van der Waals surface area (Å²) in [6.07, 6.45) is 1.23. The van der Waals surface area contributed by atoms with Crippen LogP contribution in [0, 0.1) is 17.7 Å². The molecule has 2 aliphatic rings. The summed E-state index contributed by atoms with van der Waals surface area (Å²) >= 11 is 0. The van der Waals surface area contributed by atoms with Crippen molar-refractivity contribution in [2.24, 2.45) is 16.8 Å². The molecular formula is C23H29FN2O4. The molecule has 0 saturated heterocycles. The van der Waals surface area contributed by atoms with Gasteiger partial charge in [-0.1, -0.05) is 19.1 Å². The van der Waals surface area contributed by atoms with E-state index in [2.05, 4.69) is 0 Å². The zero-order valence-corrected chi connectivity index (χ0v) is 17.7. The molecule has 3 rings (SSSR count). The lowest BCUT2D eigenvalue weighted by Crippen LogP contribution is -2.46. The molecule has 6 nitrogen and oxygen atoms in total. The summed E-state index contributed by atoms with van der Waals surface area (Å²) in [6.45, 7) is 5.66. The van der Waals surface area contributed by atoms with Crippen molar-refractivity contribution in [1.29, 1.82) is 0 Å². The number of rotatable bonds is 5. The number of nitrogens with zero attached hydrogens (tertiary/aromatic N) is 2. The van der Waals surface area contributed by atoms with Gasteiger partial charge in [-0.2, -0.15) is 0 Å². The molecule has 0 fully saturated rings. The molecule has 7 heteroatoms. The van der Waals surface area contributed by atoms with Crippen molar-refractivity contribution in [3.05, 3.63) is 46.9 Å². The lowest BCUT2D eigenvalue weighted by Gasteiger charge is -2.33. The average molecular weight is 416 g/mol. The number of β-amino-alcohol motifs (C(OH)–C–C–N with tert-alkyl or cyclic N) is 1. The Labute approximate surface area is 176 Å². The number of benzene rings is 1. The number of hydrogen-bond donors (Lipinski definition) is 1. The Balaban J connectivity index is 1.94. The number of carbonyl (C=O) groups is 2. The zero-order valence-electron chi connectivity index (χ0n) is 17.7. The summed E-state index contributed by atoms with van der Waals surface area (Å²) in [5, 5.41) is 9.83. The fourth-order valence-electron chi connectivity index (χ4n) is 3.97. The van der Waals surface area contributed by atoms with Gasteiger partial charge in [-0.25, -0.2) is 9.38 Å². The van der Waals surface area contributed by atoms with Crippen molar-refractivity contribution >= 4 is 17.7 Å². The minimum absolute atomic E-state index is 0.0382. The van der Waals surface area contributed by atoms with E-state index in [1.807, 2.05) is 6.92 Å². The SMILES string of the molecule is CCOC1=NC2=C(CC1Cc1ccc(F)cc1)C(=O)N(CC(C)O)C(=O)C(C)CC2. The van der Waals surface area contributed by atoms with Crippen molar-refractivity contribution in [1.82, 2.24) is 4.90 Å². The molecule has 1 aromatic carbocycles. The standard InChI is InChI=1S/C23H29FN2O4/c1-4-30-21-17(11-16-6-8-18(24)9-7-16)12-19-20(25-21)10-5-14(2)22(28)26(23(19)29)13-15(3)27/h6-9,14-15,17,27H,4-5,10-13H2,1-3H3. The Morgan fingerprint density at radius 1 is 1.30 bits per heavy atom. The molecule has 1 aromatic rings. The molecule has 30 heavy (non-hydrogen) atoms. The Hall–Kier alpha value is -2.54.